The smallest absolute Gasteiger partial charge is 0.406 e. The zero-order valence-corrected chi connectivity index (χ0v) is 24.5. The molecule has 0 unspecified atom stereocenters. The van der Waals surface area contributed by atoms with Gasteiger partial charge in [0.1, 0.15) is 17.8 Å². The summed E-state index contributed by atoms with van der Waals surface area (Å²) in [7, 11) is -0.547. The highest BCUT2D eigenvalue weighted by Crippen LogP contribution is 2.32. The van der Waals surface area contributed by atoms with E-state index >= 15 is 0 Å². The van der Waals surface area contributed by atoms with Crippen LogP contribution in [0.3, 0.4) is 0 Å². The molecule has 1 saturated heterocycles. The molecule has 4 rings (SSSR count). The van der Waals surface area contributed by atoms with Crippen LogP contribution < -0.4 is 15.4 Å². The first kappa shape index (κ1) is 32.0. The predicted molar refractivity (Wildman–Crippen MR) is 150 cm³/mol. The number of benzene rings is 2. The minimum atomic E-state index is -4.59. The van der Waals surface area contributed by atoms with Crippen molar-refractivity contribution in [1.29, 1.82) is 0 Å². The third-order valence-corrected chi connectivity index (χ3v) is 8.02. The number of methoxy groups -OCH3 is 1. The van der Waals surface area contributed by atoms with Crippen LogP contribution in [0.15, 0.2) is 41.6 Å². The molecule has 2 atom stereocenters. The summed E-state index contributed by atoms with van der Waals surface area (Å²) < 4.78 is 99.4. The molecule has 1 aromatic heterocycles. The third kappa shape index (κ3) is 7.55. The summed E-state index contributed by atoms with van der Waals surface area (Å²) in [6.07, 6.45) is -2.60. The summed E-state index contributed by atoms with van der Waals surface area (Å²) >= 11 is 0. The molecular formula is C28H30F5N5O4S. The Balaban J connectivity index is 1.67. The van der Waals surface area contributed by atoms with E-state index in [1.165, 1.54) is 42.3 Å². The van der Waals surface area contributed by atoms with E-state index in [1.807, 2.05) is 0 Å². The molecule has 1 aliphatic rings. The lowest BCUT2D eigenvalue weighted by Crippen LogP contribution is -2.61. The Morgan fingerprint density at radius 3 is 2.58 bits per heavy atom. The van der Waals surface area contributed by atoms with Crippen LogP contribution in [-0.4, -0.2) is 87.0 Å². The number of carbonyl (C=O) groups excluding carboxylic acids is 1. The number of hydrogen-bond donors (Lipinski definition) is 2. The van der Waals surface area contributed by atoms with Gasteiger partial charge in [0.05, 0.1) is 54.2 Å². The predicted octanol–water partition coefficient (Wildman–Crippen LogP) is 3.79. The Bertz CT molecular complexity index is 1690. The molecule has 15 heteroatoms. The lowest BCUT2D eigenvalue weighted by Gasteiger charge is -2.41. The average molecular weight is 628 g/mol. The standard InChI is InChI=1S/C28H30F5N5O4S/c1-17-13-37(2)14-27(29,30)25(17)36-26(39)20-10-18(11-22-24(20)35-16-38(22)15-28(31,32)33)6-5-9-34-21-12-19(43(4,40)41)7-8-23(21)42-3/h7-8,10-12,16-17,25,34H,9,13-15H2,1-4H3,(H,36,39)/t17-,25-/m0/s1. The normalized spacial score (nSPS) is 19.0. The number of hydrogen-bond acceptors (Lipinski definition) is 7. The lowest BCUT2D eigenvalue weighted by atomic mass is 9.90. The van der Waals surface area contributed by atoms with Gasteiger partial charge in [-0.05, 0) is 43.3 Å². The van der Waals surface area contributed by atoms with Crippen LogP contribution in [0.25, 0.3) is 11.0 Å². The van der Waals surface area contributed by atoms with Crippen molar-refractivity contribution in [3.8, 4) is 17.6 Å². The number of imidazole rings is 1. The Morgan fingerprint density at radius 1 is 1.23 bits per heavy atom. The molecule has 0 spiro atoms. The minimum absolute atomic E-state index is 0.0374. The van der Waals surface area contributed by atoms with Crippen LogP contribution in [0, 0.1) is 17.8 Å². The first-order valence-electron chi connectivity index (χ1n) is 13.0. The van der Waals surface area contributed by atoms with Crippen molar-refractivity contribution in [3.05, 3.63) is 47.8 Å². The van der Waals surface area contributed by atoms with Gasteiger partial charge in [0.2, 0.25) is 0 Å². The number of fused-ring (bicyclic) bond motifs is 1. The molecule has 2 N–H and O–H groups in total. The number of ether oxygens (including phenoxy) is 1. The van der Waals surface area contributed by atoms with Crippen LogP contribution in [0.5, 0.6) is 5.75 Å². The summed E-state index contributed by atoms with van der Waals surface area (Å²) in [5, 5.41) is 5.32. The monoisotopic (exact) mass is 627 g/mol. The Kier molecular flexibility index (Phi) is 8.94. The van der Waals surface area contributed by atoms with Gasteiger partial charge in [-0.2, -0.15) is 13.2 Å². The molecule has 0 radical (unpaired) electrons. The van der Waals surface area contributed by atoms with E-state index in [1.54, 1.807) is 14.0 Å². The Morgan fingerprint density at radius 2 is 1.95 bits per heavy atom. The van der Waals surface area contributed by atoms with Crippen LogP contribution in [0.2, 0.25) is 0 Å². The molecule has 2 heterocycles. The number of rotatable bonds is 7. The zero-order valence-electron chi connectivity index (χ0n) is 23.7. The van der Waals surface area contributed by atoms with Crippen LogP contribution in [0.1, 0.15) is 22.8 Å². The topological polar surface area (TPSA) is 106 Å². The molecule has 3 aromatic rings. The largest absolute Gasteiger partial charge is 0.495 e. The van der Waals surface area contributed by atoms with Gasteiger partial charge in [0.25, 0.3) is 11.8 Å². The summed E-state index contributed by atoms with van der Waals surface area (Å²) in [5.74, 6) is 1.15. The second kappa shape index (κ2) is 12.0. The fourth-order valence-corrected chi connectivity index (χ4v) is 5.72. The molecule has 9 nitrogen and oxygen atoms in total. The van der Waals surface area contributed by atoms with Crippen molar-refractivity contribution in [2.45, 2.75) is 36.5 Å². The van der Waals surface area contributed by atoms with Gasteiger partial charge in [0, 0.05) is 18.4 Å². The summed E-state index contributed by atoms with van der Waals surface area (Å²) in [6.45, 7) is -0.0909. The first-order chi connectivity index (χ1) is 20.0. The molecule has 0 bridgehead atoms. The molecule has 232 valence electrons. The Labute approximate surface area is 245 Å². The zero-order chi connectivity index (χ0) is 31.7. The molecule has 1 aliphatic heterocycles. The van der Waals surface area contributed by atoms with Crippen molar-refractivity contribution < 1.29 is 39.9 Å². The van der Waals surface area contributed by atoms with Gasteiger partial charge in [-0.25, -0.2) is 22.2 Å². The first-order valence-corrected chi connectivity index (χ1v) is 14.9. The number of carbonyl (C=O) groups is 1. The highest BCUT2D eigenvalue weighted by molar-refractivity contribution is 7.90. The molecule has 1 fully saturated rings. The molecular weight excluding hydrogens is 597 g/mol. The summed E-state index contributed by atoms with van der Waals surface area (Å²) in [4.78, 5) is 18.8. The number of halogens is 5. The van der Waals surface area contributed by atoms with E-state index in [-0.39, 0.29) is 33.6 Å². The van der Waals surface area contributed by atoms with E-state index in [2.05, 4.69) is 27.5 Å². The lowest BCUT2D eigenvalue weighted by molar-refractivity contribution is -0.140. The fraction of sp³-hybridized carbons (Fsp3) is 0.429. The molecule has 0 aliphatic carbocycles. The van der Waals surface area contributed by atoms with Gasteiger partial charge < -0.3 is 24.8 Å². The highest BCUT2D eigenvalue weighted by atomic mass is 32.2. The second-order valence-electron chi connectivity index (χ2n) is 10.6. The van der Waals surface area contributed by atoms with E-state index in [0.29, 0.717) is 18.0 Å². The van der Waals surface area contributed by atoms with Gasteiger partial charge >= 0.3 is 6.18 Å². The number of alkyl halides is 5. The third-order valence-electron chi connectivity index (χ3n) is 6.91. The maximum atomic E-state index is 14.8. The number of nitrogens with one attached hydrogen (secondary N) is 2. The number of piperidine rings is 1. The highest BCUT2D eigenvalue weighted by Gasteiger charge is 2.48. The van der Waals surface area contributed by atoms with Crippen molar-refractivity contribution in [2.24, 2.45) is 5.92 Å². The quantitative estimate of drug-likeness (QED) is 0.304. The van der Waals surface area contributed by atoms with Crippen molar-refractivity contribution in [3.63, 3.8) is 0 Å². The van der Waals surface area contributed by atoms with Crippen LogP contribution in [0.4, 0.5) is 27.6 Å². The average Bonchev–Trinajstić information content (AvgIpc) is 3.28. The maximum Gasteiger partial charge on any atom is 0.406 e. The molecule has 1 amide bonds. The van der Waals surface area contributed by atoms with Crippen LogP contribution in [-0.2, 0) is 16.4 Å². The van der Waals surface area contributed by atoms with E-state index in [0.717, 1.165) is 17.2 Å². The number of sulfone groups is 1. The number of nitrogens with zero attached hydrogens (tertiary/aromatic N) is 3. The number of likely N-dealkylation sites (tertiary alicyclic amines) is 1. The van der Waals surface area contributed by atoms with Gasteiger partial charge in [-0.1, -0.05) is 18.8 Å². The number of amides is 1. The van der Waals surface area contributed by atoms with E-state index in [4.69, 9.17) is 4.74 Å². The molecule has 43 heavy (non-hydrogen) atoms. The SMILES string of the molecule is COc1ccc(S(C)(=O)=O)cc1NCC#Cc1cc(C(=O)N[C@H]2[C@@H](C)CN(C)CC2(F)F)c2ncn(CC(F)(F)F)c2c1. The molecule has 0 saturated carbocycles. The fourth-order valence-electron chi connectivity index (χ4n) is 5.07. The van der Waals surface area contributed by atoms with Gasteiger partial charge in [0.15, 0.2) is 9.84 Å². The van der Waals surface area contributed by atoms with Crippen LogP contribution >= 0.6 is 0 Å². The number of anilines is 1. The number of aromatic nitrogens is 2. The maximum absolute atomic E-state index is 14.8. The molecule has 2 aromatic carbocycles. The van der Waals surface area contributed by atoms with E-state index in [9.17, 15) is 35.2 Å². The summed E-state index contributed by atoms with van der Waals surface area (Å²) in [6, 6.07) is 5.36. The van der Waals surface area contributed by atoms with Crippen molar-refractivity contribution in [2.75, 3.05) is 45.4 Å². The summed E-state index contributed by atoms with van der Waals surface area (Å²) in [5.41, 5.74) is 0.153. The minimum Gasteiger partial charge on any atom is -0.495 e. The van der Waals surface area contributed by atoms with Gasteiger partial charge in [-0.15, -0.1) is 0 Å². The Hall–Kier alpha value is -3.90. The second-order valence-corrected chi connectivity index (χ2v) is 12.6. The van der Waals surface area contributed by atoms with E-state index < -0.39 is 52.9 Å². The van der Waals surface area contributed by atoms with Crippen molar-refractivity contribution >= 4 is 32.5 Å². The van der Waals surface area contributed by atoms with Crippen molar-refractivity contribution in [1.82, 2.24) is 19.8 Å². The van der Waals surface area contributed by atoms with Gasteiger partial charge in [-0.3, -0.25) is 4.79 Å².